The molecule has 0 amide bonds. The molecule has 0 radical (unpaired) electrons. The Labute approximate surface area is 129 Å². The highest BCUT2D eigenvalue weighted by Crippen LogP contribution is 2.20. The van der Waals surface area contributed by atoms with Crippen molar-refractivity contribution in [3.63, 3.8) is 0 Å². The number of piperidine rings is 1. The molecule has 8 heteroatoms. The first-order valence-corrected chi connectivity index (χ1v) is 9.51. The SMILES string of the molecule is CCn1c(CC2CCNCC2)nn(C2C=CS(=O)(=O)C2)c1=O. The Balaban J connectivity index is 1.86. The van der Waals surface area contributed by atoms with Crippen LogP contribution in [0, 0.1) is 5.92 Å². The Morgan fingerprint density at radius 2 is 2.09 bits per heavy atom. The van der Waals surface area contributed by atoms with E-state index in [1.165, 1.54) is 10.1 Å². The van der Waals surface area contributed by atoms with Crippen LogP contribution in [-0.4, -0.2) is 41.6 Å². The van der Waals surface area contributed by atoms with Gasteiger partial charge in [0.2, 0.25) is 0 Å². The Kier molecular flexibility index (Phi) is 4.22. The second kappa shape index (κ2) is 6.00. The summed E-state index contributed by atoms with van der Waals surface area (Å²) in [5.74, 6) is 1.24. The topological polar surface area (TPSA) is 86.0 Å². The van der Waals surface area contributed by atoms with Crippen molar-refractivity contribution in [2.75, 3.05) is 18.8 Å². The van der Waals surface area contributed by atoms with E-state index in [-0.39, 0.29) is 11.4 Å². The monoisotopic (exact) mass is 326 g/mol. The molecular weight excluding hydrogens is 304 g/mol. The summed E-state index contributed by atoms with van der Waals surface area (Å²) in [6, 6.07) is -0.475. The number of hydrogen-bond acceptors (Lipinski definition) is 5. The van der Waals surface area contributed by atoms with Crippen LogP contribution < -0.4 is 11.0 Å². The van der Waals surface area contributed by atoms with E-state index in [1.807, 2.05) is 6.92 Å². The van der Waals surface area contributed by atoms with E-state index in [1.54, 1.807) is 10.6 Å². The lowest BCUT2D eigenvalue weighted by Gasteiger charge is -2.21. The number of hydrogen-bond donors (Lipinski definition) is 1. The molecule has 22 heavy (non-hydrogen) atoms. The number of rotatable bonds is 4. The molecule has 1 atom stereocenters. The second-order valence-electron chi connectivity index (χ2n) is 6.01. The molecule has 1 fully saturated rings. The smallest absolute Gasteiger partial charge is 0.317 e. The molecular formula is C14H22N4O3S. The molecule has 1 unspecified atom stereocenters. The van der Waals surface area contributed by atoms with Gasteiger partial charge in [-0.2, -0.15) is 5.10 Å². The van der Waals surface area contributed by atoms with E-state index in [0.29, 0.717) is 12.5 Å². The van der Waals surface area contributed by atoms with Gasteiger partial charge in [0.05, 0.1) is 11.8 Å². The quantitative estimate of drug-likeness (QED) is 0.847. The summed E-state index contributed by atoms with van der Waals surface area (Å²) >= 11 is 0. The average molecular weight is 326 g/mol. The summed E-state index contributed by atoms with van der Waals surface area (Å²) in [7, 11) is -3.20. The van der Waals surface area contributed by atoms with Crippen molar-refractivity contribution < 1.29 is 8.42 Å². The lowest BCUT2D eigenvalue weighted by atomic mass is 9.94. The molecule has 3 heterocycles. The van der Waals surface area contributed by atoms with Crippen LogP contribution in [0.1, 0.15) is 31.6 Å². The van der Waals surface area contributed by atoms with Gasteiger partial charge in [0.25, 0.3) is 0 Å². The van der Waals surface area contributed by atoms with Crippen LogP contribution in [0.3, 0.4) is 0 Å². The van der Waals surface area contributed by atoms with Gasteiger partial charge in [-0.1, -0.05) is 0 Å². The molecule has 1 aromatic heterocycles. The normalized spacial score (nSPS) is 24.9. The van der Waals surface area contributed by atoms with Crippen molar-refractivity contribution in [3.8, 4) is 0 Å². The van der Waals surface area contributed by atoms with Gasteiger partial charge in [-0.3, -0.25) is 4.57 Å². The molecule has 3 rings (SSSR count). The van der Waals surface area contributed by atoms with E-state index in [0.717, 1.165) is 38.2 Å². The maximum absolute atomic E-state index is 12.5. The molecule has 1 N–H and O–H groups in total. The van der Waals surface area contributed by atoms with E-state index in [2.05, 4.69) is 10.4 Å². The van der Waals surface area contributed by atoms with Gasteiger partial charge in [0.1, 0.15) is 5.82 Å². The van der Waals surface area contributed by atoms with Crippen LogP contribution in [0.4, 0.5) is 0 Å². The fourth-order valence-electron chi connectivity index (χ4n) is 3.20. The molecule has 0 aliphatic carbocycles. The standard InChI is InChI=1S/C14H22N4O3S/c1-2-17-13(9-11-3-6-15-7-4-11)16-18(14(17)19)12-5-8-22(20,21)10-12/h5,8,11-12,15H,2-4,6-7,9-10H2,1H3. The maximum atomic E-state index is 12.5. The lowest BCUT2D eigenvalue weighted by Crippen LogP contribution is -2.30. The van der Waals surface area contributed by atoms with Crippen molar-refractivity contribution in [3.05, 3.63) is 27.8 Å². The number of nitrogens with one attached hydrogen (secondary N) is 1. The fourth-order valence-corrected chi connectivity index (χ4v) is 4.46. The molecule has 0 aromatic carbocycles. The summed E-state index contributed by atoms with van der Waals surface area (Å²) in [6.07, 6.45) is 4.50. The molecule has 1 aromatic rings. The first-order valence-electron chi connectivity index (χ1n) is 7.80. The van der Waals surface area contributed by atoms with Crippen LogP contribution in [0.25, 0.3) is 0 Å². The van der Waals surface area contributed by atoms with Crippen molar-refractivity contribution in [2.45, 2.75) is 38.8 Å². The third kappa shape index (κ3) is 3.03. The van der Waals surface area contributed by atoms with E-state index < -0.39 is 15.9 Å². The zero-order valence-corrected chi connectivity index (χ0v) is 13.6. The molecule has 7 nitrogen and oxygen atoms in total. The van der Waals surface area contributed by atoms with Crippen molar-refractivity contribution in [2.24, 2.45) is 5.92 Å². The van der Waals surface area contributed by atoms with Crippen LogP contribution in [0.5, 0.6) is 0 Å². The number of nitrogens with zero attached hydrogens (tertiary/aromatic N) is 3. The van der Waals surface area contributed by atoms with Gasteiger partial charge < -0.3 is 5.32 Å². The molecule has 122 valence electrons. The second-order valence-corrected chi connectivity index (χ2v) is 7.94. The van der Waals surface area contributed by atoms with Gasteiger partial charge in [0.15, 0.2) is 9.84 Å². The highest BCUT2D eigenvalue weighted by molar-refractivity contribution is 7.94. The summed E-state index contributed by atoms with van der Waals surface area (Å²) in [5, 5.41) is 8.96. The first kappa shape index (κ1) is 15.5. The predicted octanol–water partition coefficient (Wildman–Crippen LogP) is 0.0900. The first-order chi connectivity index (χ1) is 10.5. The number of sulfone groups is 1. The highest BCUT2D eigenvalue weighted by Gasteiger charge is 2.28. The highest BCUT2D eigenvalue weighted by atomic mass is 32.2. The molecule has 0 bridgehead atoms. The van der Waals surface area contributed by atoms with Crippen molar-refractivity contribution >= 4 is 9.84 Å². The van der Waals surface area contributed by atoms with E-state index in [9.17, 15) is 13.2 Å². The Morgan fingerprint density at radius 3 is 2.68 bits per heavy atom. The number of allylic oxidation sites excluding steroid dienone is 1. The Morgan fingerprint density at radius 1 is 1.36 bits per heavy atom. The van der Waals surface area contributed by atoms with E-state index in [4.69, 9.17) is 0 Å². The third-order valence-electron chi connectivity index (χ3n) is 4.43. The Hall–Kier alpha value is -1.41. The summed E-state index contributed by atoms with van der Waals surface area (Å²) < 4.78 is 26.1. The molecule has 1 saturated heterocycles. The zero-order valence-electron chi connectivity index (χ0n) is 12.7. The number of aromatic nitrogens is 3. The summed E-state index contributed by atoms with van der Waals surface area (Å²) in [5.41, 5.74) is -0.210. The van der Waals surface area contributed by atoms with Crippen LogP contribution in [0.15, 0.2) is 16.3 Å². The van der Waals surface area contributed by atoms with Crippen LogP contribution >= 0.6 is 0 Å². The minimum Gasteiger partial charge on any atom is -0.317 e. The molecule has 2 aliphatic heterocycles. The predicted molar refractivity (Wildman–Crippen MR) is 83.4 cm³/mol. The third-order valence-corrected chi connectivity index (χ3v) is 5.81. The minimum atomic E-state index is -3.20. The Bertz CT molecular complexity index is 726. The van der Waals surface area contributed by atoms with Crippen LogP contribution in [-0.2, 0) is 22.8 Å². The summed E-state index contributed by atoms with van der Waals surface area (Å²) in [4.78, 5) is 12.5. The van der Waals surface area contributed by atoms with Crippen molar-refractivity contribution in [1.29, 1.82) is 0 Å². The molecule has 0 spiro atoms. The largest absolute Gasteiger partial charge is 0.346 e. The fraction of sp³-hybridized carbons (Fsp3) is 0.714. The van der Waals surface area contributed by atoms with Gasteiger partial charge in [-0.15, -0.1) is 0 Å². The maximum Gasteiger partial charge on any atom is 0.346 e. The molecule has 2 aliphatic rings. The van der Waals surface area contributed by atoms with Gasteiger partial charge in [-0.25, -0.2) is 17.9 Å². The average Bonchev–Trinajstić information content (AvgIpc) is 3.00. The minimum absolute atomic E-state index is 0.0690. The van der Waals surface area contributed by atoms with Gasteiger partial charge >= 0.3 is 5.69 Å². The van der Waals surface area contributed by atoms with Crippen LogP contribution in [0.2, 0.25) is 0 Å². The summed E-state index contributed by atoms with van der Waals surface area (Å²) in [6.45, 7) is 4.49. The van der Waals surface area contributed by atoms with E-state index >= 15 is 0 Å². The van der Waals surface area contributed by atoms with Gasteiger partial charge in [-0.05, 0) is 44.8 Å². The zero-order chi connectivity index (χ0) is 15.7. The molecule has 0 saturated carbocycles. The lowest BCUT2D eigenvalue weighted by molar-refractivity contribution is 0.362. The van der Waals surface area contributed by atoms with Gasteiger partial charge in [0, 0.05) is 18.4 Å². The van der Waals surface area contributed by atoms with Crippen molar-refractivity contribution in [1.82, 2.24) is 19.7 Å².